The normalized spacial score (nSPS) is 13.9. The maximum absolute atomic E-state index is 3.81. The first-order chi connectivity index (χ1) is 10.1. The lowest BCUT2D eigenvalue weighted by molar-refractivity contribution is 0.468. The average molecular weight is 281 g/mol. The van der Waals surface area contributed by atoms with Gasteiger partial charge in [0.2, 0.25) is 0 Å². The van der Waals surface area contributed by atoms with Gasteiger partial charge in [-0.2, -0.15) is 0 Å². The van der Waals surface area contributed by atoms with E-state index in [0.717, 1.165) is 0 Å². The number of hydrogen-bond donors (Lipinski definition) is 1. The summed E-state index contributed by atoms with van der Waals surface area (Å²) in [7, 11) is 0. The summed E-state index contributed by atoms with van der Waals surface area (Å²) in [5.41, 5.74) is 5.41. The zero-order valence-corrected chi connectivity index (χ0v) is 13.7. The van der Waals surface area contributed by atoms with Crippen molar-refractivity contribution in [1.82, 2.24) is 5.32 Å². The summed E-state index contributed by atoms with van der Waals surface area (Å²) in [5.74, 6) is 0. The number of benzene rings is 2. The smallest absolute Gasteiger partial charge is 0.0581 e. The zero-order valence-electron chi connectivity index (χ0n) is 13.7. The molecule has 1 heteroatoms. The number of aryl methyl sites for hydroxylation is 2. The molecule has 0 spiro atoms. The van der Waals surface area contributed by atoms with Crippen LogP contribution in [0.4, 0.5) is 0 Å². The van der Waals surface area contributed by atoms with E-state index in [1.54, 1.807) is 0 Å². The SMILES string of the molecule is CCCC(C)NC(c1ccccc1)c1ccc(C)cc1C. The van der Waals surface area contributed by atoms with Crippen LogP contribution in [0.1, 0.15) is 55.0 Å². The van der Waals surface area contributed by atoms with E-state index in [1.807, 2.05) is 0 Å². The molecule has 0 aliphatic rings. The predicted molar refractivity (Wildman–Crippen MR) is 91.7 cm³/mol. The third-order valence-corrected chi connectivity index (χ3v) is 4.04. The summed E-state index contributed by atoms with van der Waals surface area (Å²) in [6.07, 6.45) is 2.41. The lowest BCUT2D eigenvalue weighted by Gasteiger charge is -2.26. The van der Waals surface area contributed by atoms with Crippen molar-refractivity contribution in [2.45, 2.75) is 52.6 Å². The molecule has 1 nitrogen and oxygen atoms in total. The van der Waals surface area contributed by atoms with Crippen LogP contribution in [-0.2, 0) is 0 Å². The average Bonchev–Trinajstić information content (AvgIpc) is 2.47. The summed E-state index contributed by atoms with van der Waals surface area (Å²) < 4.78 is 0. The van der Waals surface area contributed by atoms with E-state index in [4.69, 9.17) is 0 Å². The third kappa shape index (κ3) is 4.18. The molecule has 2 aromatic rings. The highest BCUT2D eigenvalue weighted by molar-refractivity contribution is 5.39. The monoisotopic (exact) mass is 281 g/mol. The highest BCUT2D eigenvalue weighted by atomic mass is 14.9. The van der Waals surface area contributed by atoms with Crippen molar-refractivity contribution >= 4 is 0 Å². The Balaban J connectivity index is 2.35. The Morgan fingerprint density at radius 1 is 1.00 bits per heavy atom. The first-order valence-electron chi connectivity index (χ1n) is 8.00. The van der Waals surface area contributed by atoms with Crippen molar-refractivity contribution in [2.75, 3.05) is 0 Å². The molecule has 2 atom stereocenters. The number of hydrogen-bond acceptors (Lipinski definition) is 1. The Kier molecular flexibility index (Phi) is 5.58. The van der Waals surface area contributed by atoms with Gasteiger partial charge in [-0.05, 0) is 43.9 Å². The van der Waals surface area contributed by atoms with Crippen LogP contribution in [0.15, 0.2) is 48.5 Å². The van der Waals surface area contributed by atoms with Crippen molar-refractivity contribution in [1.29, 1.82) is 0 Å². The van der Waals surface area contributed by atoms with Gasteiger partial charge < -0.3 is 5.32 Å². The first kappa shape index (κ1) is 15.8. The van der Waals surface area contributed by atoms with Gasteiger partial charge in [-0.3, -0.25) is 0 Å². The van der Waals surface area contributed by atoms with Crippen molar-refractivity contribution in [3.63, 3.8) is 0 Å². The van der Waals surface area contributed by atoms with Gasteiger partial charge in [0, 0.05) is 6.04 Å². The summed E-state index contributed by atoms with van der Waals surface area (Å²) in [6.45, 7) is 8.89. The number of rotatable bonds is 6. The fraction of sp³-hybridized carbons (Fsp3) is 0.400. The van der Waals surface area contributed by atoms with Gasteiger partial charge in [0.05, 0.1) is 6.04 Å². The standard InChI is InChI=1S/C20H27N/c1-5-9-17(4)21-20(18-10-7-6-8-11-18)19-13-12-15(2)14-16(19)3/h6-8,10-14,17,20-21H,5,9H2,1-4H3. The molecule has 1 N–H and O–H groups in total. The van der Waals surface area contributed by atoms with Gasteiger partial charge in [0.15, 0.2) is 0 Å². The molecule has 0 heterocycles. The maximum atomic E-state index is 3.81. The molecule has 112 valence electrons. The second-order valence-electron chi connectivity index (χ2n) is 6.06. The van der Waals surface area contributed by atoms with Gasteiger partial charge in [-0.15, -0.1) is 0 Å². The fourth-order valence-electron chi connectivity index (χ4n) is 2.96. The second-order valence-corrected chi connectivity index (χ2v) is 6.06. The van der Waals surface area contributed by atoms with Gasteiger partial charge in [0.25, 0.3) is 0 Å². The Morgan fingerprint density at radius 2 is 1.71 bits per heavy atom. The van der Waals surface area contributed by atoms with Crippen LogP contribution in [-0.4, -0.2) is 6.04 Å². The van der Waals surface area contributed by atoms with E-state index in [2.05, 4.69) is 81.5 Å². The van der Waals surface area contributed by atoms with E-state index in [0.29, 0.717) is 6.04 Å². The van der Waals surface area contributed by atoms with Crippen LogP contribution in [0.2, 0.25) is 0 Å². The van der Waals surface area contributed by atoms with Crippen LogP contribution in [0.5, 0.6) is 0 Å². The zero-order chi connectivity index (χ0) is 15.2. The Morgan fingerprint density at radius 3 is 2.33 bits per heavy atom. The molecule has 2 unspecified atom stereocenters. The Bertz CT molecular complexity index is 559. The van der Waals surface area contributed by atoms with Crippen LogP contribution < -0.4 is 5.32 Å². The minimum Gasteiger partial charge on any atom is -0.304 e. The molecule has 0 fully saturated rings. The van der Waals surface area contributed by atoms with Gasteiger partial charge in [-0.25, -0.2) is 0 Å². The maximum Gasteiger partial charge on any atom is 0.0581 e. The van der Waals surface area contributed by atoms with Crippen LogP contribution in [0, 0.1) is 13.8 Å². The van der Waals surface area contributed by atoms with Crippen LogP contribution in [0.25, 0.3) is 0 Å². The predicted octanol–water partition coefficient (Wildman–Crippen LogP) is 5.17. The third-order valence-electron chi connectivity index (χ3n) is 4.04. The minimum atomic E-state index is 0.272. The fourth-order valence-corrected chi connectivity index (χ4v) is 2.96. The Labute approximate surface area is 129 Å². The lowest BCUT2D eigenvalue weighted by atomic mass is 9.93. The lowest BCUT2D eigenvalue weighted by Crippen LogP contribution is -2.31. The molecule has 21 heavy (non-hydrogen) atoms. The quantitative estimate of drug-likeness (QED) is 0.770. The summed E-state index contributed by atoms with van der Waals surface area (Å²) in [4.78, 5) is 0. The molecule has 0 aliphatic carbocycles. The second kappa shape index (κ2) is 7.42. The molecule has 0 bridgehead atoms. The molecule has 2 aromatic carbocycles. The largest absolute Gasteiger partial charge is 0.304 e. The molecule has 0 aliphatic heterocycles. The van der Waals surface area contributed by atoms with Gasteiger partial charge in [-0.1, -0.05) is 67.4 Å². The van der Waals surface area contributed by atoms with E-state index in [-0.39, 0.29) is 6.04 Å². The Hall–Kier alpha value is -1.60. The highest BCUT2D eigenvalue weighted by Gasteiger charge is 2.17. The molecule has 0 saturated carbocycles. The van der Waals surface area contributed by atoms with E-state index in [1.165, 1.54) is 35.1 Å². The van der Waals surface area contributed by atoms with Gasteiger partial charge in [0.1, 0.15) is 0 Å². The molecule has 2 rings (SSSR count). The van der Waals surface area contributed by atoms with Crippen LogP contribution in [0.3, 0.4) is 0 Å². The van der Waals surface area contributed by atoms with Gasteiger partial charge >= 0.3 is 0 Å². The van der Waals surface area contributed by atoms with Crippen molar-refractivity contribution in [3.05, 3.63) is 70.8 Å². The topological polar surface area (TPSA) is 12.0 Å². The minimum absolute atomic E-state index is 0.272. The van der Waals surface area contributed by atoms with Crippen LogP contribution >= 0.6 is 0 Å². The molecular weight excluding hydrogens is 254 g/mol. The van der Waals surface area contributed by atoms with Crippen molar-refractivity contribution < 1.29 is 0 Å². The molecule has 0 saturated heterocycles. The number of nitrogens with one attached hydrogen (secondary N) is 1. The van der Waals surface area contributed by atoms with E-state index < -0.39 is 0 Å². The van der Waals surface area contributed by atoms with E-state index >= 15 is 0 Å². The first-order valence-corrected chi connectivity index (χ1v) is 8.00. The summed E-state index contributed by atoms with van der Waals surface area (Å²) in [5, 5.41) is 3.81. The molecule has 0 amide bonds. The highest BCUT2D eigenvalue weighted by Crippen LogP contribution is 2.26. The summed E-state index contributed by atoms with van der Waals surface area (Å²) in [6, 6.07) is 18.3. The van der Waals surface area contributed by atoms with Crippen molar-refractivity contribution in [2.24, 2.45) is 0 Å². The van der Waals surface area contributed by atoms with Crippen molar-refractivity contribution in [3.8, 4) is 0 Å². The molecule has 0 radical (unpaired) electrons. The molecular formula is C20H27N. The van der Waals surface area contributed by atoms with E-state index in [9.17, 15) is 0 Å². The molecule has 0 aromatic heterocycles. The summed E-state index contributed by atoms with van der Waals surface area (Å²) >= 11 is 0.